The zero-order valence-electron chi connectivity index (χ0n) is 15.2. The predicted molar refractivity (Wildman–Crippen MR) is 104 cm³/mol. The molecule has 0 bridgehead atoms. The molecule has 2 aromatic carbocycles. The van der Waals surface area contributed by atoms with Crippen LogP contribution in [0.2, 0.25) is 0 Å². The molecule has 0 aliphatic carbocycles. The minimum absolute atomic E-state index is 0. The minimum atomic E-state index is -0.200. The fraction of sp³-hybridized carbons (Fsp3) is 0.400. The van der Waals surface area contributed by atoms with Gasteiger partial charge in [0.2, 0.25) is 5.75 Å². The zero-order valence-corrected chi connectivity index (χ0v) is 16.1. The van der Waals surface area contributed by atoms with Crippen molar-refractivity contribution in [1.82, 2.24) is 10.2 Å². The summed E-state index contributed by atoms with van der Waals surface area (Å²) in [6.45, 7) is 4.40. The lowest BCUT2D eigenvalue weighted by Gasteiger charge is -2.36. The van der Waals surface area contributed by atoms with Gasteiger partial charge in [-0.25, -0.2) is 4.39 Å². The summed E-state index contributed by atoms with van der Waals surface area (Å²) in [5.74, 6) is 1.89. The Labute approximate surface area is 164 Å². The van der Waals surface area contributed by atoms with Crippen molar-refractivity contribution >= 4 is 12.4 Å². The van der Waals surface area contributed by atoms with Crippen molar-refractivity contribution in [2.45, 2.75) is 12.6 Å². The first-order valence-electron chi connectivity index (χ1n) is 8.91. The normalized spacial score (nSPS) is 19.3. The molecule has 0 radical (unpaired) electrons. The Morgan fingerprint density at radius 1 is 1.22 bits per heavy atom. The maximum absolute atomic E-state index is 13.7. The lowest BCUT2D eigenvalue weighted by molar-refractivity contribution is 0.150. The van der Waals surface area contributed by atoms with E-state index in [0.29, 0.717) is 24.7 Å². The van der Waals surface area contributed by atoms with Crippen molar-refractivity contribution < 1.29 is 18.6 Å². The van der Waals surface area contributed by atoms with E-state index in [1.807, 2.05) is 18.2 Å². The highest BCUT2D eigenvalue weighted by molar-refractivity contribution is 5.85. The van der Waals surface area contributed by atoms with Crippen LogP contribution in [0.5, 0.6) is 17.2 Å². The van der Waals surface area contributed by atoms with Crippen LogP contribution in [0.25, 0.3) is 0 Å². The molecule has 1 unspecified atom stereocenters. The Morgan fingerprint density at radius 3 is 2.89 bits per heavy atom. The molecule has 2 aliphatic heterocycles. The Bertz CT molecular complexity index is 773. The highest BCUT2D eigenvalue weighted by Crippen LogP contribution is 2.41. The smallest absolute Gasteiger partial charge is 0.203 e. The Balaban J connectivity index is 0.00000210. The van der Waals surface area contributed by atoms with E-state index >= 15 is 0 Å². The standard InChI is InChI=1S/C20H23FN2O3.ClH/c1-24-18-9-14(10-19-20(18)26-8-7-25-19)13-23-6-5-22-12-17(23)15-3-2-4-16(21)11-15;/h2-4,9-11,17,22H,5-8,12-13H2,1H3;1H. The summed E-state index contributed by atoms with van der Waals surface area (Å²) in [7, 11) is 1.64. The van der Waals surface area contributed by atoms with Crippen molar-refractivity contribution in [3.63, 3.8) is 0 Å². The van der Waals surface area contributed by atoms with Crippen molar-refractivity contribution in [1.29, 1.82) is 0 Å². The molecular formula is C20H24ClFN2O3. The molecule has 2 aromatic rings. The summed E-state index contributed by atoms with van der Waals surface area (Å²) in [5.41, 5.74) is 2.08. The van der Waals surface area contributed by atoms with E-state index in [4.69, 9.17) is 14.2 Å². The lowest BCUT2D eigenvalue weighted by atomic mass is 10.0. The Hall–Kier alpha value is -2.02. The van der Waals surface area contributed by atoms with Gasteiger partial charge in [0.25, 0.3) is 0 Å². The third-order valence-electron chi connectivity index (χ3n) is 4.86. The van der Waals surface area contributed by atoms with Gasteiger partial charge < -0.3 is 19.5 Å². The van der Waals surface area contributed by atoms with Crippen LogP contribution in [-0.2, 0) is 6.54 Å². The van der Waals surface area contributed by atoms with Gasteiger partial charge in [0, 0.05) is 32.2 Å². The molecule has 2 aliphatic rings. The van der Waals surface area contributed by atoms with Gasteiger partial charge >= 0.3 is 0 Å². The summed E-state index contributed by atoms with van der Waals surface area (Å²) in [6, 6.07) is 11.0. The monoisotopic (exact) mass is 394 g/mol. The number of benzene rings is 2. The maximum Gasteiger partial charge on any atom is 0.203 e. The minimum Gasteiger partial charge on any atom is -0.493 e. The second kappa shape index (κ2) is 8.78. The number of nitrogens with zero attached hydrogens (tertiary/aromatic N) is 1. The van der Waals surface area contributed by atoms with Gasteiger partial charge in [-0.2, -0.15) is 0 Å². The Morgan fingerprint density at radius 2 is 2.07 bits per heavy atom. The number of hydrogen-bond acceptors (Lipinski definition) is 5. The van der Waals surface area contributed by atoms with Crippen LogP contribution < -0.4 is 19.5 Å². The van der Waals surface area contributed by atoms with E-state index in [9.17, 15) is 4.39 Å². The van der Waals surface area contributed by atoms with E-state index in [1.165, 1.54) is 6.07 Å². The van der Waals surface area contributed by atoms with Crippen LogP contribution in [0.4, 0.5) is 4.39 Å². The number of ether oxygens (including phenoxy) is 3. The fourth-order valence-electron chi connectivity index (χ4n) is 3.63. The lowest BCUT2D eigenvalue weighted by Crippen LogP contribution is -2.45. The molecule has 1 saturated heterocycles. The summed E-state index contributed by atoms with van der Waals surface area (Å²) in [6.07, 6.45) is 0. The number of fused-ring (bicyclic) bond motifs is 1. The largest absolute Gasteiger partial charge is 0.493 e. The van der Waals surface area contributed by atoms with Crippen LogP contribution in [0.3, 0.4) is 0 Å². The maximum atomic E-state index is 13.7. The molecule has 0 saturated carbocycles. The molecule has 5 nitrogen and oxygen atoms in total. The van der Waals surface area contributed by atoms with Crippen LogP contribution in [0.15, 0.2) is 36.4 Å². The number of halogens is 2. The quantitative estimate of drug-likeness (QED) is 0.862. The molecule has 0 spiro atoms. The van der Waals surface area contributed by atoms with Gasteiger partial charge in [-0.3, -0.25) is 4.90 Å². The van der Waals surface area contributed by atoms with Crippen molar-refractivity contribution in [3.8, 4) is 17.2 Å². The molecule has 1 N–H and O–H groups in total. The number of rotatable bonds is 4. The average molecular weight is 395 g/mol. The predicted octanol–water partition coefficient (Wildman–Crippen LogP) is 3.17. The average Bonchev–Trinajstić information content (AvgIpc) is 2.68. The first-order valence-corrected chi connectivity index (χ1v) is 8.91. The summed E-state index contributed by atoms with van der Waals surface area (Å²) in [5, 5.41) is 3.41. The van der Waals surface area contributed by atoms with E-state index in [1.54, 1.807) is 19.2 Å². The fourth-order valence-corrected chi connectivity index (χ4v) is 3.63. The van der Waals surface area contributed by atoms with Crippen LogP contribution in [0, 0.1) is 5.82 Å². The van der Waals surface area contributed by atoms with Gasteiger partial charge in [0.05, 0.1) is 7.11 Å². The molecule has 27 heavy (non-hydrogen) atoms. The molecule has 0 aromatic heterocycles. The van der Waals surface area contributed by atoms with Gasteiger partial charge in [-0.05, 0) is 35.4 Å². The van der Waals surface area contributed by atoms with Crippen LogP contribution >= 0.6 is 12.4 Å². The number of piperazine rings is 1. The number of hydrogen-bond donors (Lipinski definition) is 1. The number of methoxy groups -OCH3 is 1. The van der Waals surface area contributed by atoms with Crippen molar-refractivity contribution in [3.05, 3.63) is 53.3 Å². The third kappa shape index (κ3) is 4.29. The van der Waals surface area contributed by atoms with E-state index in [2.05, 4.69) is 10.2 Å². The van der Waals surface area contributed by atoms with Crippen molar-refractivity contribution in [2.24, 2.45) is 0 Å². The van der Waals surface area contributed by atoms with Crippen LogP contribution in [-0.4, -0.2) is 44.9 Å². The van der Waals surface area contributed by atoms with Gasteiger partial charge in [0.1, 0.15) is 19.0 Å². The first kappa shape index (κ1) is 19.7. The Kier molecular flexibility index (Phi) is 6.42. The molecule has 7 heteroatoms. The van der Waals surface area contributed by atoms with Crippen LogP contribution in [0.1, 0.15) is 17.2 Å². The zero-order chi connectivity index (χ0) is 17.9. The molecule has 4 rings (SSSR count). The van der Waals surface area contributed by atoms with E-state index in [-0.39, 0.29) is 24.3 Å². The molecule has 1 atom stereocenters. The SMILES string of the molecule is COc1cc(CN2CCNCC2c2cccc(F)c2)cc2c1OCCO2.Cl. The first-order chi connectivity index (χ1) is 12.7. The second-order valence-electron chi connectivity index (χ2n) is 6.57. The molecular weight excluding hydrogens is 371 g/mol. The number of nitrogens with one attached hydrogen (secondary N) is 1. The summed E-state index contributed by atoms with van der Waals surface area (Å²) < 4.78 is 30.6. The second-order valence-corrected chi connectivity index (χ2v) is 6.57. The van der Waals surface area contributed by atoms with E-state index in [0.717, 1.165) is 43.1 Å². The van der Waals surface area contributed by atoms with Crippen molar-refractivity contribution in [2.75, 3.05) is 40.0 Å². The third-order valence-corrected chi connectivity index (χ3v) is 4.86. The molecule has 1 fully saturated rings. The van der Waals surface area contributed by atoms with Gasteiger partial charge in [0.15, 0.2) is 11.5 Å². The highest BCUT2D eigenvalue weighted by Gasteiger charge is 2.26. The molecule has 0 amide bonds. The molecule has 146 valence electrons. The van der Waals surface area contributed by atoms with E-state index < -0.39 is 0 Å². The van der Waals surface area contributed by atoms with Gasteiger partial charge in [-0.1, -0.05) is 12.1 Å². The topological polar surface area (TPSA) is 43.0 Å². The summed E-state index contributed by atoms with van der Waals surface area (Å²) in [4.78, 5) is 2.36. The van der Waals surface area contributed by atoms with Gasteiger partial charge in [-0.15, -0.1) is 12.4 Å². The molecule has 2 heterocycles. The highest BCUT2D eigenvalue weighted by atomic mass is 35.5. The summed E-state index contributed by atoms with van der Waals surface area (Å²) >= 11 is 0.